The van der Waals surface area contributed by atoms with E-state index in [0.29, 0.717) is 39.5 Å². The average Bonchev–Trinajstić information content (AvgIpc) is 2.82. The van der Waals surface area contributed by atoms with Crippen LogP contribution in [0.25, 0.3) is 22.3 Å². The summed E-state index contributed by atoms with van der Waals surface area (Å²) in [6.45, 7) is 0.460. The summed E-state index contributed by atoms with van der Waals surface area (Å²) in [5.41, 5.74) is 3.26. The van der Waals surface area contributed by atoms with E-state index in [1.54, 1.807) is 18.2 Å². The van der Waals surface area contributed by atoms with Crippen molar-refractivity contribution in [1.82, 2.24) is 14.9 Å². The zero-order valence-electron chi connectivity index (χ0n) is 20.0. The molecule has 0 saturated heterocycles. The van der Waals surface area contributed by atoms with Gasteiger partial charge in [-0.2, -0.15) is 0 Å². The van der Waals surface area contributed by atoms with Gasteiger partial charge >= 0.3 is 0 Å². The Morgan fingerprint density at radius 3 is 2.33 bits per heavy atom. The molecule has 1 aromatic carbocycles. The minimum absolute atomic E-state index is 0. The molecule has 1 aliphatic rings. The van der Waals surface area contributed by atoms with E-state index in [1.807, 2.05) is 6.07 Å². The van der Waals surface area contributed by atoms with Crippen LogP contribution in [0.5, 0.6) is 5.75 Å². The molecule has 0 bridgehead atoms. The second kappa shape index (κ2) is 13.1. The lowest BCUT2D eigenvalue weighted by Crippen LogP contribution is -2.31. The molecule has 0 aliphatic heterocycles. The Bertz CT molecular complexity index is 1190. The van der Waals surface area contributed by atoms with Crippen molar-refractivity contribution in [3.05, 3.63) is 46.1 Å². The van der Waals surface area contributed by atoms with Crippen LogP contribution < -0.4 is 5.32 Å². The first-order chi connectivity index (χ1) is 16.3. The molecule has 2 heterocycles. The number of rotatable bonds is 7. The second-order valence-corrected chi connectivity index (χ2v) is 9.92. The molecule has 3 N–H and O–H groups in total. The number of phenolic OH excluding ortho intramolecular Hbond substituents is 1. The average molecular weight is 576 g/mol. The third-order valence-electron chi connectivity index (χ3n) is 6.29. The molecule has 2 aromatic heterocycles. The third kappa shape index (κ3) is 6.71. The number of nitrogens with one attached hydrogen (secondary N) is 1. The van der Waals surface area contributed by atoms with Gasteiger partial charge in [0.05, 0.1) is 32.5 Å². The van der Waals surface area contributed by atoms with Crippen LogP contribution in [-0.4, -0.2) is 64.2 Å². The van der Waals surface area contributed by atoms with Gasteiger partial charge in [0.25, 0.3) is 0 Å². The summed E-state index contributed by atoms with van der Waals surface area (Å²) in [6.07, 6.45) is 5.67. The molecule has 11 heteroatoms. The zero-order valence-corrected chi connectivity index (χ0v) is 23.1. The lowest BCUT2D eigenvalue weighted by Gasteiger charge is -2.31. The highest BCUT2D eigenvalue weighted by Gasteiger charge is 2.25. The maximum absolute atomic E-state index is 12.5. The molecule has 1 fully saturated rings. The van der Waals surface area contributed by atoms with E-state index < -0.39 is 12.4 Å². The number of aromatic nitrogens is 2. The van der Waals surface area contributed by atoms with Crippen LogP contribution in [0.15, 0.2) is 30.5 Å². The summed E-state index contributed by atoms with van der Waals surface area (Å²) in [6, 6.07) is 6.98. The van der Waals surface area contributed by atoms with Gasteiger partial charge < -0.3 is 20.4 Å². The van der Waals surface area contributed by atoms with Crippen molar-refractivity contribution in [3.8, 4) is 17.0 Å². The SMILES string of the molecule is CN(C)C[C@H]1CC[C@H](Nc2c(C(=O)CO)cnc3ccc(-c4cc(Cl)c(O)c(Cl)c4)nc23)CC1.Cl.Cl. The van der Waals surface area contributed by atoms with Gasteiger partial charge in [0.2, 0.25) is 0 Å². The number of anilines is 1. The van der Waals surface area contributed by atoms with Gasteiger partial charge in [0, 0.05) is 24.3 Å². The van der Waals surface area contributed by atoms with Crippen LogP contribution in [-0.2, 0) is 0 Å². The first kappa shape index (κ1) is 30.4. The largest absolute Gasteiger partial charge is 0.505 e. The molecule has 4 rings (SSSR count). The number of carbonyl (C=O) groups is 1. The minimum atomic E-state index is -0.611. The molecule has 0 radical (unpaired) electrons. The fourth-order valence-corrected chi connectivity index (χ4v) is 5.08. The molecule has 7 nitrogen and oxygen atoms in total. The molecular formula is C25H30Cl4N4O3. The van der Waals surface area contributed by atoms with E-state index in [9.17, 15) is 15.0 Å². The van der Waals surface area contributed by atoms with E-state index in [1.165, 1.54) is 6.20 Å². The molecule has 3 aromatic rings. The van der Waals surface area contributed by atoms with Crippen molar-refractivity contribution in [2.24, 2.45) is 5.92 Å². The summed E-state index contributed by atoms with van der Waals surface area (Å²) >= 11 is 12.2. The van der Waals surface area contributed by atoms with E-state index in [-0.39, 0.29) is 46.7 Å². The lowest BCUT2D eigenvalue weighted by atomic mass is 9.85. The van der Waals surface area contributed by atoms with E-state index in [0.717, 1.165) is 32.2 Å². The number of nitrogens with zero attached hydrogens (tertiary/aromatic N) is 3. The predicted molar refractivity (Wildman–Crippen MR) is 150 cm³/mol. The molecule has 0 unspecified atom stereocenters. The van der Waals surface area contributed by atoms with E-state index in [2.05, 4.69) is 29.3 Å². The van der Waals surface area contributed by atoms with Gasteiger partial charge in [-0.05, 0) is 70.0 Å². The van der Waals surface area contributed by atoms with Gasteiger partial charge in [-0.1, -0.05) is 23.2 Å². The third-order valence-corrected chi connectivity index (χ3v) is 6.86. The Labute approximate surface area is 233 Å². The number of ketones is 1. The smallest absolute Gasteiger partial charge is 0.191 e. The summed E-state index contributed by atoms with van der Waals surface area (Å²) < 4.78 is 0. The number of benzene rings is 1. The van der Waals surface area contributed by atoms with Gasteiger partial charge in [-0.15, -0.1) is 24.8 Å². The molecule has 36 heavy (non-hydrogen) atoms. The van der Waals surface area contributed by atoms with Crippen molar-refractivity contribution in [2.75, 3.05) is 32.6 Å². The normalized spacial score (nSPS) is 17.4. The molecule has 196 valence electrons. The number of pyridine rings is 2. The number of fused-ring (bicyclic) bond motifs is 1. The maximum atomic E-state index is 12.5. The van der Waals surface area contributed by atoms with Gasteiger partial charge in [0.1, 0.15) is 12.1 Å². The molecule has 0 spiro atoms. The summed E-state index contributed by atoms with van der Waals surface area (Å²) in [5, 5.41) is 23.2. The van der Waals surface area contributed by atoms with Crippen LogP contribution in [0.3, 0.4) is 0 Å². The minimum Gasteiger partial charge on any atom is -0.505 e. The highest BCUT2D eigenvalue weighted by molar-refractivity contribution is 6.37. The Kier molecular flexibility index (Phi) is 11.0. The second-order valence-electron chi connectivity index (χ2n) is 9.11. The molecular weight excluding hydrogens is 546 g/mol. The highest BCUT2D eigenvalue weighted by atomic mass is 35.5. The van der Waals surface area contributed by atoms with Crippen molar-refractivity contribution in [2.45, 2.75) is 31.7 Å². The Hall–Kier alpha value is -1.87. The predicted octanol–water partition coefficient (Wildman–Crippen LogP) is 5.86. The van der Waals surface area contributed by atoms with Crippen LogP contribution in [0.1, 0.15) is 36.0 Å². The number of carbonyl (C=O) groups excluding carboxylic acids is 1. The molecule has 0 atom stereocenters. The van der Waals surface area contributed by atoms with Gasteiger partial charge in [0.15, 0.2) is 11.5 Å². The molecule has 1 aliphatic carbocycles. The van der Waals surface area contributed by atoms with Crippen LogP contribution in [0.4, 0.5) is 5.69 Å². The zero-order chi connectivity index (χ0) is 24.4. The van der Waals surface area contributed by atoms with Crippen LogP contribution in [0.2, 0.25) is 10.0 Å². The number of hydrogen-bond acceptors (Lipinski definition) is 7. The van der Waals surface area contributed by atoms with E-state index >= 15 is 0 Å². The number of aromatic hydroxyl groups is 1. The molecule has 1 saturated carbocycles. The van der Waals surface area contributed by atoms with Gasteiger partial charge in [-0.3, -0.25) is 9.78 Å². The number of aliphatic hydroxyl groups excluding tert-OH is 1. The summed E-state index contributed by atoms with van der Waals surface area (Å²) in [7, 11) is 4.19. The van der Waals surface area contributed by atoms with Crippen LogP contribution >= 0.6 is 48.0 Å². The number of hydrogen-bond donors (Lipinski definition) is 3. The number of phenols is 1. The Morgan fingerprint density at radius 1 is 1.11 bits per heavy atom. The van der Waals surface area contributed by atoms with Crippen molar-refractivity contribution >= 4 is 70.5 Å². The summed E-state index contributed by atoms with van der Waals surface area (Å²) in [5.74, 6) is 0.0632. The Balaban J connectivity index is 0.00000228. The fourth-order valence-electron chi connectivity index (χ4n) is 4.59. The molecule has 0 amide bonds. The first-order valence-corrected chi connectivity index (χ1v) is 12.1. The van der Waals surface area contributed by atoms with Crippen LogP contribution in [0, 0.1) is 5.92 Å². The lowest BCUT2D eigenvalue weighted by molar-refractivity contribution is 0.0904. The van der Waals surface area contributed by atoms with Crippen molar-refractivity contribution in [3.63, 3.8) is 0 Å². The topological polar surface area (TPSA) is 98.6 Å². The highest BCUT2D eigenvalue weighted by Crippen LogP contribution is 2.37. The standard InChI is InChI=1S/C25H28Cl2N4O3.2ClH/c1-31(2)12-14-3-5-16(6-4-14)29-23-17(22(33)13-32)11-28-21-8-7-20(30-24(21)23)15-9-18(26)25(34)19(27)10-15;;/h7-11,14,16,32,34H,3-6,12-13H2,1-2H3,(H,28,29);2*1H/t14-,16-;;. The van der Waals surface area contributed by atoms with Crippen molar-refractivity contribution < 1.29 is 15.0 Å². The number of Topliss-reactive ketones (excluding diaryl/α,β-unsaturated/α-hetero) is 1. The summed E-state index contributed by atoms with van der Waals surface area (Å²) in [4.78, 5) is 24.0. The monoisotopic (exact) mass is 574 g/mol. The number of halogens is 4. The number of aliphatic hydroxyl groups is 1. The maximum Gasteiger partial charge on any atom is 0.191 e. The van der Waals surface area contributed by atoms with Gasteiger partial charge in [-0.25, -0.2) is 4.98 Å². The first-order valence-electron chi connectivity index (χ1n) is 11.3. The van der Waals surface area contributed by atoms with Crippen molar-refractivity contribution in [1.29, 1.82) is 0 Å². The fraction of sp³-hybridized carbons (Fsp3) is 0.400. The Morgan fingerprint density at radius 2 is 1.75 bits per heavy atom. The quantitative estimate of drug-likeness (QED) is 0.303. The van der Waals surface area contributed by atoms with E-state index in [4.69, 9.17) is 28.2 Å².